The average Bonchev–Trinajstić information content (AvgIpc) is 2.53. The van der Waals surface area contributed by atoms with E-state index in [0.29, 0.717) is 17.7 Å². The van der Waals surface area contributed by atoms with Crippen LogP contribution in [-0.2, 0) is 19.7 Å². The van der Waals surface area contributed by atoms with E-state index in [2.05, 4.69) is 0 Å². The van der Waals surface area contributed by atoms with Gasteiger partial charge in [0.2, 0.25) is 5.91 Å². The van der Waals surface area contributed by atoms with Crippen molar-refractivity contribution < 1.29 is 19.1 Å². The van der Waals surface area contributed by atoms with Crippen molar-refractivity contribution in [1.29, 1.82) is 0 Å². The topological polar surface area (TPSA) is 63.7 Å². The van der Waals surface area contributed by atoms with Crippen LogP contribution >= 0.6 is 0 Å². The van der Waals surface area contributed by atoms with Gasteiger partial charge in [-0.2, -0.15) is 0 Å². The third-order valence-corrected chi connectivity index (χ3v) is 4.18. The number of hydrogen-bond acceptors (Lipinski definition) is 4. The zero-order chi connectivity index (χ0) is 16.3. The van der Waals surface area contributed by atoms with Gasteiger partial charge in [-0.15, -0.1) is 0 Å². The van der Waals surface area contributed by atoms with Crippen molar-refractivity contribution in [3.8, 4) is 0 Å². The summed E-state index contributed by atoms with van der Waals surface area (Å²) in [6.45, 7) is 4.08. The highest BCUT2D eigenvalue weighted by Gasteiger charge is 2.48. The summed E-state index contributed by atoms with van der Waals surface area (Å²) in [6.07, 6.45) is 1.55. The Balaban J connectivity index is 2.51. The highest BCUT2D eigenvalue weighted by atomic mass is 16.5. The second-order valence-electron chi connectivity index (χ2n) is 5.75. The molecule has 1 atom stereocenters. The van der Waals surface area contributed by atoms with Gasteiger partial charge in [0, 0.05) is 12.1 Å². The van der Waals surface area contributed by atoms with Crippen LogP contribution in [0.2, 0.25) is 0 Å². The van der Waals surface area contributed by atoms with E-state index in [0.717, 1.165) is 12.8 Å². The molecule has 5 heteroatoms. The van der Waals surface area contributed by atoms with Crippen LogP contribution in [0, 0.1) is 0 Å². The average molecular weight is 303 g/mol. The van der Waals surface area contributed by atoms with Crippen LogP contribution in [0.25, 0.3) is 0 Å². The predicted octanol–water partition coefficient (Wildman–Crippen LogP) is 2.29. The number of carbonyl (C=O) groups is 3. The Morgan fingerprint density at radius 2 is 1.95 bits per heavy atom. The van der Waals surface area contributed by atoms with Crippen molar-refractivity contribution in [2.24, 2.45) is 0 Å². The van der Waals surface area contributed by atoms with Crippen molar-refractivity contribution in [2.45, 2.75) is 38.5 Å². The molecule has 0 fully saturated rings. The molecule has 0 saturated heterocycles. The van der Waals surface area contributed by atoms with Crippen LogP contribution < -0.4 is 0 Å². The fourth-order valence-electron chi connectivity index (χ4n) is 2.85. The first-order chi connectivity index (χ1) is 10.5. The van der Waals surface area contributed by atoms with Crippen LogP contribution in [-0.4, -0.2) is 36.3 Å². The van der Waals surface area contributed by atoms with E-state index in [9.17, 15) is 14.4 Å². The molecule has 1 aliphatic heterocycles. The molecule has 1 aromatic rings. The molecule has 22 heavy (non-hydrogen) atoms. The molecule has 5 nitrogen and oxygen atoms in total. The molecule has 0 aromatic heterocycles. The van der Waals surface area contributed by atoms with Gasteiger partial charge in [0.1, 0.15) is 0 Å². The summed E-state index contributed by atoms with van der Waals surface area (Å²) >= 11 is 0. The quantitative estimate of drug-likeness (QED) is 0.618. The Kier molecular flexibility index (Phi) is 4.64. The zero-order valence-electron chi connectivity index (χ0n) is 13.2. The number of nitrogens with zero attached hydrogens (tertiary/aromatic N) is 1. The lowest BCUT2D eigenvalue weighted by molar-refractivity contribution is -0.147. The standard InChI is InChI=1S/C17H21NO4/c1-4-5-10-18-15(20)12-8-6-7-9-13(12)17(2,16(18)21)11-14(19)22-3/h6-9H,4-5,10-11H2,1-3H3. The number of methoxy groups -OCH3 is 1. The van der Waals surface area contributed by atoms with Gasteiger partial charge >= 0.3 is 5.97 Å². The smallest absolute Gasteiger partial charge is 0.306 e. The minimum atomic E-state index is -1.06. The number of rotatable bonds is 5. The largest absolute Gasteiger partial charge is 0.469 e. The Morgan fingerprint density at radius 1 is 1.27 bits per heavy atom. The summed E-state index contributed by atoms with van der Waals surface area (Å²) in [5.74, 6) is -1.07. The molecule has 0 radical (unpaired) electrons. The van der Waals surface area contributed by atoms with Crippen molar-refractivity contribution >= 4 is 17.8 Å². The molecule has 0 aliphatic carbocycles. The lowest BCUT2D eigenvalue weighted by Gasteiger charge is -2.39. The molecule has 0 N–H and O–H groups in total. The van der Waals surface area contributed by atoms with E-state index < -0.39 is 11.4 Å². The Labute approximate surface area is 130 Å². The fraction of sp³-hybridized carbons (Fsp3) is 0.471. The number of benzene rings is 1. The molecule has 1 aromatic carbocycles. The number of ether oxygens (including phenoxy) is 1. The Morgan fingerprint density at radius 3 is 2.59 bits per heavy atom. The van der Waals surface area contributed by atoms with Crippen molar-refractivity contribution in [2.75, 3.05) is 13.7 Å². The van der Waals surface area contributed by atoms with E-state index in [1.54, 1.807) is 31.2 Å². The van der Waals surface area contributed by atoms with Crippen molar-refractivity contribution in [3.05, 3.63) is 35.4 Å². The van der Waals surface area contributed by atoms with E-state index in [1.807, 2.05) is 6.92 Å². The Hall–Kier alpha value is -2.17. The molecule has 1 unspecified atom stereocenters. The number of amides is 2. The lowest BCUT2D eigenvalue weighted by atomic mass is 9.73. The van der Waals surface area contributed by atoms with Gasteiger partial charge in [-0.1, -0.05) is 31.5 Å². The molecule has 0 spiro atoms. The van der Waals surface area contributed by atoms with Gasteiger partial charge in [0.05, 0.1) is 18.9 Å². The monoisotopic (exact) mass is 303 g/mol. The number of hydrogen-bond donors (Lipinski definition) is 0. The van der Waals surface area contributed by atoms with Crippen molar-refractivity contribution in [3.63, 3.8) is 0 Å². The first-order valence-electron chi connectivity index (χ1n) is 7.48. The number of imide groups is 1. The maximum Gasteiger partial charge on any atom is 0.306 e. The summed E-state index contributed by atoms with van der Waals surface area (Å²) in [5, 5.41) is 0. The Bertz CT molecular complexity index is 610. The highest BCUT2D eigenvalue weighted by molar-refractivity contribution is 6.13. The number of fused-ring (bicyclic) bond motifs is 1. The van der Waals surface area contributed by atoms with Gasteiger partial charge in [-0.25, -0.2) is 0 Å². The van der Waals surface area contributed by atoms with E-state index in [-0.39, 0.29) is 18.2 Å². The van der Waals surface area contributed by atoms with Crippen LogP contribution in [0.5, 0.6) is 0 Å². The minimum Gasteiger partial charge on any atom is -0.469 e. The summed E-state index contributed by atoms with van der Waals surface area (Å²) in [5.41, 5.74) is 0.0264. The number of esters is 1. The van der Waals surface area contributed by atoms with Gasteiger partial charge in [0.25, 0.3) is 5.91 Å². The van der Waals surface area contributed by atoms with Crippen LogP contribution in [0.1, 0.15) is 49.0 Å². The first kappa shape index (κ1) is 16.2. The second kappa shape index (κ2) is 6.30. The normalized spacial score (nSPS) is 20.8. The molecule has 1 aliphatic rings. The third-order valence-electron chi connectivity index (χ3n) is 4.18. The van der Waals surface area contributed by atoms with Crippen LogP contribution in [0.3, 0.4) is 0 Å². The molecule has 0 saturated carbocycles. The SMILES string of the molecule is CCCCN1C(=O)c2ccccc2C(C)(CC(=O)OC)C1=O. The zero-order valence-corrected chi connectivity index (χ0v) is 13.2. The highest BCUT2D eigenvalue weighted by Crippen LogP contribution is 2.37. The molecule has 2 amide bonds. The molecule has 1 heterocycles. The molecule has 0 bridgehead atoms. The summed E-state index contributed by atoms with van der Waals surface area (Å²) in [7, 11) is 1.30. The van der Waals surface area contributed by atoms with Gasteiger partial charge < -0.3 is 4.74 Å². The first-order valence-corrected chi connectivity index (χ1v) is 7.48. The third kappa shape index (κ3) is 2.63. The van der Waals surface area contributed by atoms with E-state index in [1.165, 1.54) is 12.0 Å². The maximum absolute atomic E-state index is 12.9. The van der Waals surface area contributed by atoms with Crippen LogP contribution in [0.4, 0.5) is 0 Å². The summed E-state index contributed by atoms with van der Waals surface area (Å²) < 4.78 is 4.73. The fourth-order valence-corrected chi connectivity index (χ4v) is 2.85. The summed E-state index contributed by atoms with van der Waals surface area (Å²) in [6, 6.07) is 6.99. The summed E-state index contributed by atoms with van der Waals surface area (Å²) in [4.78, 5) is 38.5. The molecular formula is C17H21NO4. The maximum atomic E-state index is 12.9. The van der Waals surface area contributed by atoms with Gasteiger partial charge in [-0.3, -0.25) is 19.3 Å². The van der Waals surface area contributed by atoms with Gasteiger partial charge in [-0.05, 0) is 25.0 Å². The lowest BCUT2D eigenvalue weighted by Crippen LogP contribution is -2.54. The number of carbonyl (C=O) groups excluding carboxylic acids is 3. The number of unbranched alkanes of at least 4 members (excludes halogenated alkanes) is 1. The van der Waals surface area contributed by atoms with E-state index >= 15 is 0 Å². The minimum absolute atomic E-state index is 0.0742. The van der Waals surface area contributed by atoms with Gasteiger partial charge in [0.15, 0.2) is 0 Å². The predicted molar refractivity (Wildman–Crippen MR) is 81.4 cm³/mol. The molecule has 118 valence electrons. The van der Waals surface area contributed by atoms with Crippen LogP contribution in [0.15, 0.2) is 24.3 Å². The van der Waals surface area contributed by atoms with E-state index in [4.69, 9.17) is 4.74 Å². The molecule has 2 rings (SSSR count). The van der Waals surface area contributed by atoms with Crippen molar-refractivity contribution in [1.82, 2.24) is 4.90 Å². The molecular weight excluding hydrogens is 282 g/mol. The second-order valence-corrected chi connectivity index (χ2v) is 5.75.